The highest BCUT2D eigenvalue weighted by molar-refractivity contribution is 6.30. The smallest absolute Gasteiger partial charge is 0.164 e. The molecule has 1 heterocycles. The second kappa shape index (κ2) is 4.78. The zero-order valence-corrected chi connectivity index (χ0v) is 9.07. The van der Waals surface area contributed by atoms with Crippen LogP contribution >= 0.6 is 11.6 Å². The van der Waals surface area contributed by atoms with E-state index in [1.165, 1.54) is 0 Å². The van der Waals surface area contributed by atoms with Crippen molar-refractivity contribution in [3.05, 3.63) is 41.6 Å². The number of halogens is 1. The number of benzene rings is 1. The average Bonchev–Trinajstić information content (AvgIpc) is 2.32. The van der Waals surface area contributed by atoms with E-state index in [1.54, 1.807) is 24.4 Å². The molecule has 0 aliphatic heterocycles. The van der Waals surface area contributed by atoms with Gasteiger partial charge in [0.1, 0.15) is 0 Å². The van der Waals surface area contributed by atoms with Gasteiger partial charge in [0.05, 0.1) is 11.9 Å². The number of aromatic nitrogens is 2. The molecule has 0 aliphatic carbocycles. The van der Waals surface area contributed by atoms with E-state index in [4.69, 9.17) is 17.4 Å². The predicted molar refractivity (Wildman–Crippen MR) is 64.6 cm³/mol. The van der Waals surface area contributed by atoms with Crippen LogP contribution in [0.2, 0.25) is 5.02 Å². The van der Waals surface area contributed by atoms with E-state index in [1.807, 2.05) is 12.1 Å². The van der Waals surface area contributed by atoms with Crippen LogP contribution in [0.15, 0.2) is 36.5 Å². The Kier molecular flexibility index (Phi) is 3.19. The van der Waals surface area contributed by atoms with Crippen LogP contribution in [-0.4, -0.2) is 10.2 Å². The summed E-state index contributed by atoms with van der Waals surface area (Å²) in [5.41, 5.74) is 4.14. The van der Waals surface area contributed by atoms with Gasteiger partial charge in [0.2, 0.25) is 0 Å². The van der Waals surface area contributed by atoms with Crippen LogP contribution in [0.4, 0.5) is 17.2 Å². The second-order valence-corrected chi connectivity index (χ2v) is 3.54. The molecule has 0 amide bonds. The third-order valence-electron chi connectivity index (χ3n) is 1.94. The lowest BCUT2D eigenvalue weighted by Gasteiger charge is -2.06. The van der Waals surface area contributed by atoms with Crippen molar-refractivity contribution in [2.45, 2.75) is 0 Å². The number of hydrazine groups is 1. The minimum absolute atomic E-state index is 0.499. The molecule has 16 heavy (non-hydrogen) atoms. The van der Waals surface area contributed by atoms with Gasteiger partial charge in [-0.05, 0) is 24.3 Å². The largest absolute Gasteiger partial charge is 0.354 e. The summed E-state index contributed by atoms with van der Waals surface area (Å²) >= 11 is 5.79. The molecule has 6 heteroatoms. The Balaban J connectivity index is 2.16. The van der Waals surface area contributed by atoms with Crippen LogP contribution in [0.3, 0.4) is 0 Å². The Morgan fingerprint density at radius 2 is 1.88 bits per heavy atom. The molecule has 0 atom stereocenters. The van der Waals surface area contributed by atoms with E-state index in [-0.39, 0.29) is 0 Å². The zero-order valence-electron chi connectivity index (χ0n) is 8.31. The molecule has 0 bridgehead atoms. The lowest BCUT2D eigenvalue weighted by atomic mass is 10.3. The fraction of sp³-hybridized carbons (Fsp3) is 0. The summed E-state index contributed by atoms with van der Waals surface area (Å²) < 4.78 is 0. The summed E-state index contributed by atoms with van der Waals surface area (Å²) in [4.78, 5) is 0. The Labute approximate surface area is 97.6 Å². The Bertz CT molecular complexity index is 471. The van der Waals surface area contributed by atoms with Gasteiger partial charge in [-0.3, -0.25) is 0 Å². The minimum Gasteiger partial charge on any atom is -0.354 e. The SMILES string of the molecule is NNc1cc(Nc2ccc(Cl)cc2)cnn1. The zero-order chi connectivity index (χ0) is 11.4. The number of anilines is 3. The third kappa shape index (κ3) is 2.59. The van der Waals surface area contributed by atoms with Crippen molar-refractivity contribution in [2.24, 2.45) is 5.84 Å². The molecule has 82 valence electrons. The summed E-state index contributed by atoms with van der Waals surface area (Å²) in [6.07, 6.45) is 1.61. The number of hydrogen-bond donors (Lipinski definition) is 3. The molecule has 5 nitrogen and oxygen atoms in total. The molecule has 0 radical (unpaired) electrons. The van der Waals surface area contributed by atoms with Crippen LogP contribution in [0.25, 0.3) is 0 Å². The first-order chi connectivity index (χ1) is 7.78. The quantitative estimate of drug-likeness (QED) is 0.562. The molecule has 2 rings (SSSR count). The maximum Gasteiger partial charge on any atom is 0.164 e. The van der Waals surface area contributed by atoms with Crippen LogP contribution in [0.1, 0.15) is 0 Å². The highest BCUT2D eigenvalue weighted by atomic mass is 35.5. The van der Waals surface area contributed by atoms with Crippen LogP contribution in [-0.2, 0) is 0 Å². The van der Waals surface area contributed by atoms with Gasteiger partial charge < -0.3 is 10.7 Å². The first-order valence-corrected chi connectivity index (χ1v) is 4.97. The number of nitrogens with two attached hydrogens (primary N) is 1. The van der Waals surface area contributed by atoms with Crippen LogP contribution < -0.4 is 16.6 Å². The molecular weight excluding hydrogens is 226 g/mol. The molecule has 0 spiro atoms. The van der Waals surface area contributed by atoms with E-state index < -0.39 is 0 Å². The van der Waals surface area contributed by atoms with Gasteiger partial charge in [0.15, 0.2) is 5.82 Å². The summed E-state index contributed by atoms with van der Waals surface area (Å²) in [5.74, 6) is 5.73. The highest BCUT2D eigenvalue weighted by Crippen LogP contribution is 2.19. The van der Waals surface area contributed by atoms with E-state index in [0.717, 1.165) is 11.4 Å². The fourth-order valence-electron chi connectivity index (χ4n) is 1.21. The van der Waals surface area contributed by atoms with E-state index in [9.17, 15) is 0 Å². The molecule has 2 aromatic rings. The first kappa shape index (κ1) is 10.7. The number of nitrogens with zero attached hydrogens (tertiary/aromatic N) is 2. The molecule has 0 unspecified atom stereocenters. The lowest BCUT2D eigenvalue weighted by molar-refractivity contribution is 1.02. The number of nitrogens with one attached hydrogen (secondary N) is 2. The van der Waals surface area contributed by atoms with Crippen molar-refractivity contribution in [3.63, 3.8) is 0 Å². The molecule has 4 N–H and O–H groups in total. The van der Waals surface area contributed by atoms with Crippen molar-refractivity contribution in [1.29, 1.82) is 0 Å². The number of hydrogen-bond acceptors (Lipinski definition) is 5. The van der Waals surface area contributed by atoms with Gasteiger partial charge >= 0.3 is 0 Å². The monoisotopic (exact) mass is 235 g/mol. The number of rotatable bonds is 3. The maximum atomic E-state index is 5.79. The normalized spacial score (nSPS) is 9.88. The van der Waals surface area contributed by atoms with Crippen LogP contribution in [0.5, 0.6) is 0 Å². The number of nitrogen functional groups attached to an aromatic ring is 1. The van der Waals surface area contributed by atoms with Crippen molar-refractivity contribution in [2.75, 3.05) is 10.7 Å². The Hall–Kier alpha value is -1.85. The summed E-state index contributed by atoms with van der Waals surface area (Å²) in [5, 5.41) is 11.4. The Morgan fingerprint density at radius 1 is 1.12 bits per heavy atom. The summed E-state index contributed by atoms with van der Waals surface area (Å²) in [6.45, 7) is 0. The second-order valence-electron chi connectivity index (χ2n) is 3.11. The van der Waals surface area contributed by atoms with Crippen molar-refractivity contribution in [1.82, 2.24) is 10.2 Å². The minimum atomic E-state index is 0.499. The van der Waals surface area contributed by atoms with Gasteiger partial charge in [-0.25, -0.2) is 5.84 Å². The van der Waals surface area contributed by atoms with Crippen LogP contribution in [0, 0.1) is 0 Å². The van der Waals surface area contributed by atoms with Gasteiger partial charge in [0, 0.05) is 16.8 Å². The molecule has 0 saturated heterocycles. The molecule has 0 aliphatic rings. The van der Waals surface area contributed by atoms with Crippen molar-refractivity contribution >= 4 is 28.8 Å². The van der Waals surface area contributed by atoms with E-state index in [2.05, 4.69) is 20.9 Å². The van der Waals surface area contributed by atoms with Gasteiger partial charge in [-0.15, -0.1) is 5.10 Å². The first-order valence-electron chi connectivity index (χ1n) is 4.60. The van der Waals surface area contributed by atoms with E-state index >= 15 is 0 Å². The molecule has 1 aromatic heterocycles. The summed E-state index contributed by atoms with van der Waals surface area (Å²) in [6, 6.07) is 9.11. The molecule has 0 saturated carbocycles. The topological polar surface area (TPSA) is 75.9 Å². The average molecular weight is 236 g/mol. The van der Waals surface area contributed by atoms with Crippen molar-refractivity contribution < 1.29 is 0 Å². The summed E-state index contributed by atoms with van der Waals surface area (Å²) in [7, 11) is 0. The highest BCUT2D eigenvalue weighted by Gasteiger charge is 1.97. The standard InChI is InChI=1S/C10H10ClN5/c11-7-1-3-8(4-2-7)14-9-5-10(15-12)16-13-6-9/h1-6H,12H2,(H2,14,15,16). The maximum absolute atomic E-state index is 5.79. The third-order valence-corrected chi connectivity index (χ3v) is 2.19. The molecular formula is C10H10ClN5. The van der Waals surface area contributed by atoms with Gasteiger partial charge in [-0.1, -0.05) is 11.6 Å². The molecule has 0 fully saturated rings. The predicted octanol–water partition coefficient (Wildman–Crippen LogP) is 2.16. The fourth-order valence-corrected chi connectivity index (χ4v) is 1.33. The van der Waals surface area contributed by atoms with Gasteiger partial charge in [0.25, 0.3) is 0 Å². The Morgan fingerprint density at radius 3 is 2.56 bits per heavy atom. The van der Waals surface area contributed by atoms with Gasteiger partial charge in [-0.2, -0.15) is 5.10 Å². The van der Waals surface area contributed by atoms with E-state index in [0.29, 0.717) is 10.8 Å². The molecule has 1 aromatic carbocycles. The lowest BCUT2D eigenvalue weighted by Crippen LogP contribution is -2.09. The van der Waals surface area contributed by atoms with Crippen molar-refractivity contribution in [3.8, 4) is 0 Å².